The lowest BCUT2D eigenvalue weighted by Crippen LogP contribution is -2.23. The van der Waals surface area contributed by atoms with Crippen LogP contribution in [0.2, 0.25) is 0 Å². The average Bonchev–Trinajstić information content (AvgIpc) is 3.11. The van der Waals surface area contributed by atoms with E-state index in [0.717, 1.165) is 17.1 Å². The zero-order chi connectivity index (χ0) is 18.2. The number of aromatic nitrogens is 2. The van der Waals surface area contributed by atoms with Crippen LogP contribution in [0.15, 0.2) is 65.8 Å². The van der Waals surface area contributed by atoms with Gasteiger partial charge in [-0.3, -0.25) is 10.1 Å². The van der Waals surface area contributed by atoms with Crippen LogP contribution in [0.25, 0.3) is 0 Å². The second-order valence-corrected chi connectivity index (χ2v) is 5.76. The summed E-state index contributed by atoms with van der Waals surface area (Å²) < 4.78 is 3.71. The predicted octanol–water partition coefficient (Wildman–Crippen LogP) is 2.95. The zero-order valence-corrected chi connectivity index (χ0v) is 14.2. The van der Waals surface area contributed by atoms with E-state index >= 15 is 0 Å². The van der Waals surface area contributed by atoms with Crippen LogP contribution < -0.4 is 16.1 Å². The molecule has 1 heterocycles. The van der Waals surface area contributed by atoms with E-state index in [1.54, 1.807) is 24.3 Å². The molecule has 0 bridgehead atoms. The van der Waals surface area contributed by atoms with Crippen molar-refractivity contribution < 1.29 is 9.59 Å². The number of nitrogens with one attached hydrogen (secondary N) is 3. The van der Waals surface area contributed by atoms with Gasteiger partial charge in [0.15, 0.2) is 10.7 Å². The number of hydrogen-bond acceptors (Lipinski definition) is 6. The number of carbonyl (C=O) groups is 2. The van der Waals surface area contributed by atoms with Crippen molar-refractivity contribution >= 4 is 40.4 Å². The lowest BCUT2D eigenvalue weighted by molar-refractivity contribution is 0.0951. The van der Waals surface area contributed by atoms with E-state index in [0.29, 0.717) is 5.69 Å². The first-order chi connectivity index (χ1) is 12.7. The normalized spacial score (nSPS) is 10.5. The SMILES string of the molecule is O=C(Nc1ccccc1)Nc1snnc1C(=O)N/N=C/c1ccccc1. The third-order valence-electron chi connectivity index (χ3n) is 3.14. The van der Waals surface area contributed by atoms with Crippen molar-refractivity contribution in [2.75, 3.05) is 10.6 Å². The number of urea groups is 1. The molecule has 0 aliphatic carbocycles. The van der Waals surface area contributed by atoms with Gasteiger partial charge >= 0.3 is 6.03 Å². The quantitative estimate of drug-likeness (QED) is 0.476. The van der Waals surface area contributed by atoms with E-state index in [9.17, 15) is 9.59 Å². The van der Waals surface area contributed by atoms with Crippen LogP contribution in [0.1, 0.15) is 16.1 Å². The topological polar surface area (TPSA) is 108 Å². The van der Waals surface area contributed by atoms with Gasteiger partial charge < -0.3 is 5.32 Å². The number of para-hydroxylation sites is 1. The molecule has 3 amide bonds. The number of anilines is 2. The fraction of sp³-hybridized carbons (Fsp3) is 0. The van der Waals surface area contributed by atoms with Crippen LogP contribution >= 0.6 is 11.5 Å². The first kappa shape index (κ1) is 17.2. The molecule has 0 atom stereocenters. The highest BCUT2D eigenvalue weighted by atomic mass is 32.1. The number of rotatable bonds is 5. The summed E-state index contributed by atoms with van der Waals surface area (Å²) >= 11 is 0.901. The summed E-state index contributed by atoms with van der Waals surface area (Å²) in [6.45, 7) is 0. The van der Waals surface area contributed by atoms with Gasteiger partial charge in [-0.2, -0.15) is 5.10 Å². The summed E-state index contributed by atoms with van der Waals surface area (Å²) in [6, 6.07) is 17.7. The number of hydrazone groups is 1. The van der Waals surface area contributed by atoms with Gasteiger partial charge in [-0.25, -0.2) is 10.2 Å². The highest BCUT2D eigenvalue weighted by Crippen LogP contribution is 2.18. The van der Waals surface area contributed by atoms with Gasteiger partial charge in [0.2, 0.25) is 0 Å². The summed E-state index contributed by atoms with van der Waals surface area (Å²) in [7, 11) is 0. The Labute approximate surface area is 153 Å². The lowest BCUT2D eigenvalue weighted by Gasteiger charge is -2.06. The average molecular weight is 366 g/mol. The third kappa shape index (κ3) is 4.71. The molecule has 3 aromatic rings. The van der Waals surface area contributed by atoms with Gasteiger partial charge in [-0.15, -0.1) is 5.10 Å². The molecule has 0 fully saturated rings. The maximum atomic E-state index is 12.2. The molecule has 0 aliphatic rings. The highest BCUT2D eigenvalue weighted by molar-refractivity contribution is 7.10. The van der Waals surface area contributed by atoms with Gasteiger partial charge in [0.1, 0.15) is 0 Å². The summed E-state index contributed by atoms with van der Waals surface area (Å²) in [5, 5.41) is 13.0. The molecule has 0 radical (unpaired) electrons. The Kier molecular flexibility index (Phi) is 5.63. The monoisotopic (exact) mass is 366 g/mol. The molecule has 0 aliphatic heterocycles. The van der Waals surface area contributed by atoms with Gasteiger partial charge in [-0.1, -0.05) is 53.0 Å². The summed E-state index contributed by atoms with van der Waals surface area (Å²) in [5.74, 6) is -0.569. The van der Waals surface area contributed by atoms with Crippen LogP contribution in [0, 0.1) is 0 Å². The molecule has 3 rings (SSSR count). The molecular weight excluding hydrogens is 352 g/mol. The molecule has 9 heteroatoms. The lowest BCUT2D eigenvalue weighted by atomic mass is 10.2. The molecule has 0 saturated carbocycles. The van der Waals surface area contributed by atoms with Crippen molar-refractivity contribution in [1.82, 2.24) is 15.0 Å². The molecule has 2 aromatic carbocycles. The van der Waals surface area contributed by atoms with Crippen molar-refractivity contribution in [2.45, 2.75) is 0 Å². The maximum absolute atomic E-state index is 12.2. The fourth-order valence-corrected chi connectivity index (χ4v) is 2.53. The Bertz CT molecular complexity index is 911. The minimum Gasteiger partial charge on any atom is -0.308 e. The molecule has 130 valence electrons. The van der Waals surface area contributed by atoms with Gasteiger partial charge in [0.05, 0.1) is 6.21 Å². The number of nitrogens with zero attached hydrogens (tertiary/aromatic N) is 3. The smallest absolute Gasteiger partial charge is 0.308 e. The summed E-state index contributed by atoms with van der Waals surface area (Å²) in [4.78, 5) is 24.2. The number of amides is 3. The van der Waals surface area contributed by atoms with Crippen LogP contribution in [0.5, 0.6) is 0 Å². The van der Waals surface area contributed by atoms with Gasteiger partial charge in [0.25, 0.3) is 5.91 Å². The third-order valence-corrected chi connectivity index (χ3v) is 3.78. The van der Waals surface area contributed by atoms with Crippen LogP contribution in [0.3, 0.4) is 0 Å². The minimum atomic E-state index is -0.569. The number of carbonyl (C=O) groups excluding carboxylic acids is 2. The first-order valence-electron chi connectivity index (χ1n) is 7.56. The molecule has 26 heavy (non-hydrogen) atoms. The van der Waals surface area contributed by atoms with E-state index in [4.69, 9.17) is 0 Å². The van der Waals surface area contributed by atoms with E-state index in [1.165, 1.54) is 6.21 Å². The molecule has 0 unspecified atom stereocenters. The van der Waals surface area contributed by atoms with Crippen molar-refractivity contribution in [1.29, 1.82) is 0 Å². The highest BCUT2D eigenvalue weighted by Gasteiger charge is 2.18. The van der Waals surface area contributed by atoms with Crippen molar-refractivity contribution in [3.05, 3.63) is 71.9 Å². The second-order valence-electron chi connectivity index (χ2n) is 5.01. The molecule has 8 nitrogen and oxygen atoms in total. The summed E-state index contributed by atoms with van der Waals surface area (Å²) in [6.07, 6.45) is 1.51. The first-order valence-corrected chi connectivity index (χ1v) is 8.33. The van der Waals surface area contributed by atoms with Crippen molar-refractivity contribution in [2.24, 2.45) is 5.10 Å². The van der Waals surface area contributed by atoms with Crippen LogP contribution in [-0.2, 0) is 0 Å². The van der Waals surface area contributed by atoms with Crippen molar-refractivity contribution in [3.8, 4) is 0 Å². The Morgan fingerprint density at radius 1 is 0.962 bits per heavy atom. The largest absolute Gasteiger partial charge is 0.324 e. The van der Waals surface area contributed by atoms with Crippen LogP contribution in [-0.4, -0.2) is 27.7 Å². The summed E-state index contributed by atoms with van der Waals surface area (Å²) in [5.41, 5.74) is 3.81. The Morgan fingerprint density at radius 3 is 2.38 bits per heavy atom. The zero-order valence-electron chi connectivity index (χ0n) is 13.4. The second kappa shape index (κ2) is 8.49. The van der Waals surface area contributed by atoms with Crippen LogP contribution in [0.4, 0.5) is 15.5 Å². The Hall–Kier alpha value is -3.59. The molecule has 1 aromatic heterocycles. The molecule has 0 spiro atoms. The van der Waals surface area contributed by atoms with Crippen molar-refractivity contribution in [3.63, 3.8) is 0 Å². The fourth-order valence-electron chi connectivity index (χ4n) is 1.97. The van der Waals surface area contributed by atoms with E-state index in [-0.39, 0.29) is 10.7 Å². The van der Waals surface area contributed by atoms with E-state index < -0.39 is 11.9 Å². The maximum Gasteiger partial charge on any atom is 0.324 e. The number of benzene rings is 2. The minimum absolute atomic E-state index is 0.0107. The predicted molar refractivity (Wildman–Crippen MR) is 100 cm³/mol. The molecule has 3 N–H and O–H groups in total. The van der Waals surface area contributed by atoms with E-state index in [1.807, 2.05) is 36.4 Å². The molecule has 0 saturated heterocycles. The number of hydrogen-bond donors (Lipinski definition) is 3. The Morgan fingerprint density at radius 2 is 1.65 bits per heavy atom. The van der Waals surface area contributed by atoms with E-state index in [2.05, 4.69) is 30.7 Å². The van der Waals surface area contributed by atoms with Gasteiger partial charge in [-0.05, 0) is 17.7 Å². The molecular formula is C17H14N6O2S. The van der Waals surface area contributed by atoms with Gasteiger partial charge in [0, 0.05) is 17.2 Å². The standard InChI is InChI=1S/C17H14N6O2S/c24-15(22-18-11-12-7-3-1-4-8-12)14-16(26-23-21-14)20-17(25)19-13-9-5-2-6-10-13/h1-11H,(H,22,24)(H2,19,20,25)/b18-11+. The Balaban J connectivity index is 1.59.